The molecule has 0 aliphatic carbocycles. The van der Waals surface area contributed by atoms with Crippen molar-refractivity contribution < 1.29 is 62.3 Å². The third-order valence-corrected chi connectivity index (χ3v) is 6.52. The molecule has 3 aromatic rings. The van der Waals surface area contributed by atoms with Crippen LogP contribution in [-0.4, -0.2) is 30.7 Å². The summed E-state index contributed by atoms with van der Waals surface area (Å²) >= 11 is 2.32. The molecule has 0 saturated heterocycles. The summed E-state index contributed by atoms with van der Waals surface area (Å²) < 4.78 is 163. The second-order valence-electron chi connectivity index (χ2n) is 8.68. The molecule has 0 unspecified atom stereocenters. The molecule has 234 valence electrons. The third kappa shape index (κ3) is 6.47. The Morgan fingerprint density at radius 3 is 1.93 bits per heavy atom. The molecule has 3 rings (SSSR count). The lowest BCUT2D eigenvalue weighted by Crippen LogP contribution is -2.50. The maximum atomic E-state index is 15.5. The summed E-state index contributed by atoms with van der Waals surface area (Å²) in [5, 5.41) is 10.7. The minimum absolute atomic E-state index is 0.239. The van der Waals surface area contributed by atoms with Gasteiger partial charge >= 0.3 is 24.2 Å². The zero-order valence-electron chi connectivity index (χ0n) is 21.0. The summed E-state index contributed by atoms with van der Waals surface area (Å²) in [4.78, 5) is 26.3. The second kappa shape index (κ2) is 12.0. The van der Waals surface area contributed by atoms with Crippen molar-refractivity contribution in [2.24, 2.45) is 0 Å². The van der Waals surface area contributed by atoms with E-state index in [1.165, 1.54) is 5.32 Å². The number of anilines is 2. The number of nitriles is 1. The van der Waals surface area contributed by atoms with E-state index in [1.54, 1.807) is 6.07 Å². The first kappa shape index (κ1) is 34.2. The second-order valence-corrected chi connectivity index (χ2v) is 9.54. The van der Waals surface area contributed by atoms with Crippen LogP contribution in [-0.2, 0) is 11.8 Å². The maximum absolute atomic E-state index is 15.5. The van der Waals surface area contributed by atoms with Crippen LogP contribution in [0.4, 0.5) is 64.1 Å². The third-order valence-electron chi connectivity index (χ3n) is 5.89. The molecule has 5 nitrogen and oxygen atoms in total. The van der Waals surface area contributed by atoms with E-state index in [2.05, 4.69) is 15.9 Å². The first-order valence-electron chi connectivity index (χ1n) is 11.4. The topological polar surface area (TPSA) is 73.2 Å². The average molecular weight is 706 g/mol. The monoisotopic (exact) mass is 705 g/mol. The molecular formula is C26H12BrF12N3O2. The van der Waals surface area contributed by atoms with Crippen LogP contribution in [0.3, 0.4) is 0 Å². The summed E-state index contributed by atoms with van der Waals surface area (Å²) in [5.74, 6) is -5.14. The number of carbonyl (C=O) groups is 2. The van der Waals surface area contributed by atoms with Crippen LogP contribution in [0.2, 0.25) is 0 Å². The van der Waals surface area contributed by atoms with Gasteiger partial charge in [0.2, 0.25) is 0 Å². The molecule has 0 aliphatic heterocycles. The highest BCUT2D eigenvalue weighted by Gasteiger charge is 2.73. The molecule has 0 bridgehead atoms. The fourth-order valence-corrected chi connectivity index (χ4v) is 4.37. The van der Waals surface area contributed by atoms with Crippen molar-refractivity contribution >= 4 is 39.1 Å². The Morgan fingerprint density at radius 2 is 1.43 bits per heavy atom. The number of nitrogens with one attached hydrogen (secondary N) is 1. The summed E-state index contributed by atoms with van der Waals surface area (Å²) in [5.41, 5.74) is -14.7. The zero-order valence-corrected chi connectivity index (χ0v) is 22.6. The van der Waals surface area contributed by atoms with Crippen molar-refractivity contribution in [3.63, 3.8) is 0 Å². The fraction of sp³-hybridized carbons (Fsp3) is 0.192. The van der Waals surface area contributed by atoms with Crippen LogP contribution in [0.1, 0.15) is 31.8 Å². The molecular weight excluding hydrogens is 694 g/mol. The Balaban J connectivity index is 2.12. The molecule has 0 fully saturated rings. The lowest BCUT2D eigenvalue weighted by Gasteiger charge is -2.31. The predicted molar refractivity (Wildman–Crippen MR) is 132 cm³/mol. The number of rotatable bonds is 6. The van der Waals surface area contributed by atoms with Gasteiger partial charge in [0, 0.05) is 15.6 Å². The number of nitrogens with zero attached hydrogens (tertiary/aromatic N) is 2. The van der Waals surface area contributed by atoms with Crippen LogP contribution in [0, 0.1) is 23.0 Å². The molecule has 1 N–H and O–H groups in total. The molecule has 0 spiro atoms. The molecule has 2 amide bonds. The van der Waals surface area contributed by atoms with Crippen LogP contribution < -0.4 is 10.2 Å². The van der Waals surface area contributed by atoms with E-state index in [-0.39, 0.29) is 11.6 Å². The van der Waals surface area contributed by atoms with Gasteiger partial charge in [0.05, 0.1) is 28.6 Å². The summed E-state index contributed by atoms with van der Waals surface area (Å²) in [6, 6.07) is 6.70. The van der Waals surface area contributed by atoms with Crippen molar-refractivity contribution in [2.75, 3.05) is 16.8 Å². The molecule has 3 aromatic carbocycles. The Morgan fingerprint density at radius 1 is 0.864 bits per heavy atom. The highest BCUT2D eigenvalue weighted by Crippen LogP contribution is 2.55. The Hall–Kier alpha value is -4.27. The lowest BCUT2D eigenvalue weighted by molar-refractivity contribution is -0.348. The summed E-state index contributed by atoms with van der Waals surface area (Å²) in [6.45, 7) is -0.840. The number of carbonyl (C=O) groups excluding carboxylic acids is 2. The van der Waals surface area contributed by atoms with Gasteiger partial charge in [-0.05, 0) is 64.5 Å². The smallest absolute Gasteiger partial charge is 0.320 e. The minimum Gasteiger partial charge on any atom is -0.320 e. The average Bonchev–Trinajstić information content (AvgIpc) is 2.90. The van der Waals surface area contributed by atoms with Gasteiger partial charge in [-0.15, -0.1) is 0 Å². The van der Waals surface area contributed by atoms with Crippen LogP contribution in [0.25, 0.3) is 0 Å². The Bertz CT molecular complexity index is 1610. The molecule has 0 aliphatic rings. The fourth-order valence-electron chi connectivity index (χ4n) is 3.81. The molecule has 0 radical (unpaired) electrons. The van der Waals surface area contributed by atoms with Gasteiger partial charge in [-0.25, -0.2) is 13.2 Å². The van der Waals surface area contributed by atoms with Gasteiger partial charge in [0.15, 0.2) is 5.82 Å². The van der Waals surface area contributed by atoms with E-state index >= 15 is 4.39 Å². The first-order chi connectivity index (χ1) is 20.1. The van der Waals surface area contributed by atoms with Crippen molar-refractivity contribution in [3.05, 3.63) is 93.0 Å². The standard InChI is InChI=1S/C26H12BrF12N3O2/c27-17-11-13(23(30,25(34,35)36)26(37,38)39)10-16(24(31,32)33)20(17)41-21(43)15-2-1-3-18(19(15)29)42(9-8-40)22(44)12-4-6-14(28)7-5-12/h1-7,10-11H,9H2,(H,41,43). The number of hydrogen-bond donors (Lipinski definition) is 1. The van der Waals surface area contributed by atoms with E-state index < -0.39 is 92.8 Å². The predicted octanol–water partition coefficient (Wildman–Crippen LogP) is 8.46. The van der Waals surface area contributed by atoms with E-state index in [9.17, 15) is 57.9 Å². The number of halogens is 13. The first-order valence-corrected chi connectivity index (χ1v) is 12.2. The molecule has 44 heavy (non-hydrogen) atoms. The van der Waals surface area contributed by atoms with E-state index in [0.29, 0.717) is 11.0 Å². The Labute approximate surface area is 246 Å². The van der Waals surface area contributed by atoms with Crippen LogP contribution in [0.5, 0.6) is 0 Å². The number of amides is 2. The van der Waals surface area contributed by atoms with Gasteiger partial charge in [0.25, 0.3) is 11.8 Å². The normalized spacial score (nSPS) is 12.5. The SMILES string of the molecule is N#CCN(C(=O)c1ccc(F)cc1)c1cccc(C(=O)Nc2c(Br)cc(C(F)(C(F)(F)F)C(F)(F)F)cc2C(F)(F)F)c1F. The van der Waals surface area contributed by atoms with Gasteiger partial charge in [0.1, 0.15) is 12.4 Å². The van der Waals surface area contributed by atoms with Crippen molar-refractivity contribution in [3.8, 4) is 6.07 Å². The van der Waals surface area contributed by atoms with Crippen LogP contribution >= 0.6 is 15.9 Å². The van der Waals surface area contributed by atoms with Crippen molar-refractivity contribution in [1.82, 2.24) is 0 Å². The van der Waals surface area contributed by atoms with Gasteiger partial charge in [-0.2, -0.15) is 44.8 Å². The molecule has 0 aromatic heterocycles. The molecule has 0 heterocycles. The number of hydrogen-bond acceptors (Lipinski definition) is 3. The van der Waals surface area contributed by atoms with Crippen molar-refractivity contribution in [1.29, 1.82) is 5.26 Å². The largest absolute Gasteiger partial charge is 0.435 e. The molecule has 0 atom stereocenters. The van der Waals surface area contributed by atoms with Crippen LogP contribution in [0.15, 0.2) is 59.1 Å². The summed E-state index contributed by atoms with van der Waals surface area (Å²) in [6.07, 6.45) is -19.3. The Kier molecular flexibility index (Phi) is 9.35. The van der Waals surface area contributed by atoms with Gasteiger partial charge < -0.3 is 5.32 Å². The number of benzene rings is 3. The number of alkyl halides is 10. The lowest BCUT2D eigenvalue weighted by atomic mass is 9.92. The minimum atomic E-state index is -6.76. The van der Waals surface area contributed by atoms with Crippen molar-refractivity contribution in [2.45, 2.75) is 24.2 Å². The molecule has 0 saturated carbocycles. The van der Waals surface area contributed by atoms with Gasteiger partial charge in [-0.3, -0.25) is 14.5 Å². The highest BCUT2D eigenvalue weighted by molar-refractivity contribution is 9.10. The van der Waals surface area contributed by atoms with Gasteiger partial charge in [-0.1, -0.05) is 6.07 Å². The maximum Gasteiger partial charge on any atom is 0.435 e. The summed E-state index contributed by atoms with van der Waals surface area (Å²) in [7, 11) is 0. The quantitative estimate of drug-likeness (QED) is 0.207. The molecule has 18 heteroatoms. The van der Waals surface area contributed by atoms with E-state index in [4.69, 9.17) is 5.26 Å². The highest BCUT2D eigenvalue weighted by atomic mass is 79.9. The zero-order chi connectivity index (χ0) is 33.4. The van der Waals surface area contributed by atoms with E-state index in [1.807, 2.05) is 0 Å². The van der Waals surface area contributed by atoms with E-state index in [0.717, 1.165) is 36.4 Å².